The SMILES string of the molecule is CC(Nc1cccc(F)c1)(C(N)=O)c1ccccc1. The molecule has 1 unspecified atom stereocenters. The number of hydrogen-bond donors (Lipinski definition) is 2. The molecule has 3 N–H and O–H groups in total. The molecule has 0 heterocycles. The first-order valence-electron chi connectivity index (χ1n) is 5.91. The molecule has 0 spiro atoms. The number of primary amides is 1. The molecule has 0 saturated heterocycles. The lowest BCUT2D eigenvalue weighted by molar-refractivity contribution is -0.122. The topological polar surface area (TPSA) is 55.1 Å². The highest BCUT2D eigenvalue weighted by molar-refractivity contribution is 5.88. The summed E-state index contributed by atoms with van der Waals surface area (Å²) in [7, 11) is 0. The van der Waals surface area contributed by atoms with Gasteiger partial charge in [0.25, 0.3) is 0 Å². The van der Waals surface area contributed by atoms with Gasteiger partial charge in [-0.3, -0.25) is 4.79 Å². The van der Waals surface area contributed by atoms with Gasteiger partial charge in [0.2, 0.25) is 5.91 Å². The summed E-state index contributed by atoms with van der Waals surface area (Å²) in [6.45, 7) is 1.68. The van der Waals surface area contributed by atoms with Crippen molar-refractivity contribution in [1.82, 2.24) is 0 Å². The van der Waals surface area contributed by atoms with Crippen molar-refractivity contribution in [2.45, 2.75) is 12.5 Å². The van der Waals surface area contributed by atoms with Crippen molar-refractivity contribution in [3.05, 3.63) is 66.0 Å². The smallest absolute Gasteiger partial charge is 0.247 e. The number of anilines is 1. The van der Waals surface area contributed by atoms with E-state index in [1.54, 1.807) is 31.2 Å². The summed E-state index contributed by atoms with van der Waals surface area (Å²) in [6.07, 6.45) is 0. The summed E-state index contributed by atoms with van der Waals surface area (Å²) in [6, 6.07) is 15.0. The molecule has 0 aliphatic carbocycles. The van der Waals surface area contributed by atoms with Crippen LogP contribution in [-0.2, 0) is 10.3 Å². The van der Waals surface area contributed by atoms with Crippen LogP contribution in [0.5, 0.6) is 0 Å². The van der Waals surface area contributed by atoms with Crippen molar-refractivity contribution in [3.8, 4) is 0 Å². The normalized spacial score (nSPS) is 13.6. The van der Waals surface area contributed by atoms with Gasteiger partial charge in [-0.2, -0.15) is 0 Å². The molecule has 2 aromatic carbocycles. The van der Waals surface area contributed by atoms with Crippen molar-refractivity contribution in [1.29, 1.82) is 0 Å². The Labute approximate surface area is 111 Å². The Balaban J connectivity index is 2.39. The van der Waals surface area contributed by atoms with Crippen LogP contribution in [0.25, 0.3) is 0 Å². The predicted molar refractivity (Wildman–Crippen MR) is 73.0 cm³/mol. The zero-order valence-corrected chi connectivity index (χ0v) is 10.6. The van der Waals surface area contributed by atoms with Crippen LogP contribution >= 0.6 is 0 Å². The first-order chi connectivity index (χ1) is 9.02. The highest BCUT2D eigenvalue weighted by Gasteiger charge is 2.32. The van der Waals surface area contributed by atoms with Crippen LogP contribution in [0.4, 0.5) is 10.1 Å². The maximum Gasteiger partial charge on any atom is 0.247 e. The van der Waals surface area contributed by atoms with Crippen LogP contribution in [0.15, 0.2) is 54.6 Å². The van der Waals surface area contributed by atoms with Crippen LogP contribution in [0.2, 0.25) is 0 Å². The van der Waals surface area contributed by atoms with Gasteiger partial charge in [0.1, 0.15) is 11.4 Å². The monoisotopic (exact) mass is 258 g/mol. The van der Waals surface area contributed by atoms with E-state index in [1.807, 2.05) is 18.2 Å². The lowest BCUT2D eigenvalue weighted by Crippen LogP contribution is -2.45. The molecule has 0 bridgehead atoms. The molecule has 0 aliphatic heterocycles. The molecule has 2 aromatic rings. The summed E-state index contributed by atoms with van der Waals surface area (Å²) in [5.74, 6) is -0.896. The third-order valence-electron chi connectivity index (χ3n) is 3.06. The van der Waals surface area contributed by atoms with Gasteiger partial charge in [-0.25, -0.2) is 4.39 Å². The van der Waals surface area contributed by atoms with Gasteiger partial charge in [0.15, 0.2) is 0 Å². The van der Waals surface area contributed by atoms with Crippen LogP contribution in [-0.4, -0.2) is 5.91 Å². The van der Waals surface area contributed by atoms with Crippen molar-refractivity contribution >= 4 is 11.6 Å². The van der Waals surface area contributed by atoms with Gasteiger partial charge < -0.3 is 11.1 Å². The van der Waals surface area contributed by atoms with Crippen molar-refractivity contribution in [3.63, 3.8) is 0 Å². The molecule has 1 amide bonds. The molecule has 98 valence electrons. The van der Waals surface area contributed by atoms with E-state index in [9.17, 15) is 9.18 Å². The largest absolute Gasteiger partial charge is 0.368 e. The summed E-state index contributed by atoms with van der Waals surface area (Å²) < 4.78 is 13.2. The Morgan fingerprint density at radius 2 is 1.84 bits per heavy atom. The predicted octanol–water partition coefficient (Wildman–Crippen LogP) is 2.64. The first kappa shape index (κ1) is 13.1. The minimum atomic E-state index is -1.09. The number of rotatable bonds is 4. The molecule has 3 nitrogen and oxygen atoms in total. The van der Waals surface area contributed by atoms with Gasteiger partial charge in [-0.15, -0.1) is 0 Å². The molecule has 19 heavy (non-hydrogen) atoms. The molecule has 0 radical (unpaired) electrons. The summed E-state index contributed by atoms with van der Waals surface area (Å²) in [5, 5.41) is 3.00. The zero-order chi connectivity index (χ0) is 13.9. The highest BCUT2D eigenvalue weighted by Crippen LogP contribution is 2.26. The number of nitrogens with two attached hydrogens (primary N) is 1. The summed E-state index contributed by atoms with van der Waals surface area (Å²) >= 11 is 0. The number of halogens is 1. The minimum Gasteiger partial charge on any atom is -0.368 e. The van der Waals surface area contributed by atoms with Crippen LogP contribution in [0.3, 0.4) is 0 Å². The van der Waals surface area contributed by atoms with E-state index in [4.69, 9.17) is 5.73 Å². The Bertz CT molecular complexity index is 586. The molecule has 0 aromatic heterocycles. The van der Waals surface area contributed by atoms with Gasteiger partial charge in [0.05, 0.1) is 0 Å². The van der Waals surface area contributed by atoms with Gasteiger partial charge in [0, 0.05) is 5.69 Å². The number of benzene rings is 2. The zero-order valence-electron chi connectivity index (χ0n) is 10.6. The molecule has 4 heteroatoms. The lowest BCUT2D eigenvalue weighted by atomic mass is 9.91. The van der Waals surface area contributed by atoms with Crippen molar-refractivity contribution < 1.29 is 9.18 Å². The Morgan fingerprint density at radius 3 is 2.42 bits per heavy atom. The molecule has 0 saturated carbocycles. The maximum absolute atomic E-state index is 13.2. The lowest BCUT2D eigenvalue weighted by Gasteiger charge is -2.29. The van der Waals surface area contributed by atoms with E-state index >= 15 is 0 Å². The molecule has 1 atom stereocenters. The van der Waals surface area contributed by atoms with E-state index < -0.39 is 11.4 Å². The van der Waals surface area contributed by atoms with Crippen LogP contribution < -0.4 is 11.1 Å². The fraction of sp³-hybridized carbons (Fsp3) is 0.133. The molecular weight excluding hydrogens is 243 g/mol. The fourth-order valence-corrected chi connectivity index (χ4v) is 1.90. The van der Waals surface area contributed by atoms with Crippen molar-refractivity contribution in [2.75, 3.05) is 5.32 Å². The van der Waals surface area contributed by atoms with E-state index in [0.29, 0.717) is 5.69 Å². The average molecular weight is 258 g/mol. The molecule has 0 fully saturated rings. The van der Waals surface area contributed by atoms with E-state index in [1.165, 1.54) is 12.1 Å². The molecule has 2 rings (SSSR count). The quantitative estimate of drug-likeness (QED) is 0.885. The average Bonchev–Trinajstić information content (AvgIpc) is 2.39. The Kier molecular flexibility index (Phi) is 3.51. The second-order valence-corrected chi connectivity index (χ2v) is 4.49. The standard InChI is InChI=1S/C15H15FN2O/c1-15(14(17)19,11-6-3-2-4-7-11)18-13-9-5-8-12(16)10-13/h2-10,18H,1H3,(H2,17,19). The molecular formula is C15H15FN2O. The number of hydrogen-bond acceptors (Lipinski definition) is 2. The Hall–Kier alpha value is -2.36. The first-order valence-corrected chi connectivity index (χ1v) is 5.91. The van der Waals surface area contributed by atoms with Gasteiger partial charge in [-0.05, 0) is 30.7 Å². The van der Waals surface area contributed by atoms with Crippen molar-refractivity contribution in [2.24, 2.45) is 5.73 Å². The fourth-order valence-electron chi connectivity index (χ4n) is 1.90. The number of amides is 1. The summed E-state index contributed by atoms with van der Waals surface area (Å²) in [5.41, 5.74) is 5.64. The molecule has 0 aliphatic rings. The third kappa shape index (κ3) is 2.73. The number of carbonyl (C=O) groups is 1. The summed E-state index contributed by atoms with van der Waals surface area (Å²) in [4.78, 5) is 11.8. The second kappa shape index (κ2) is 5.10. The van der Waals surface area contributed by atoms with Gasteiger partial charge >= 0.3 is 0 Å². The van der Waals surface area contributed by atoms with Crippen LogP contribution in [0, 0.1) is 5.82 Å². The third-order valence-corrected chi connectivity index (χ3v) is 3.06. The minimum absolute atomic E-state index is 0.370. The van der Waals surface area contributed by atoms with E-state index in [0.717, 1.165) is 5.56 Å². The van der Waals surface area contributed by atoms with Gasteiger partial charge in [-0.1, -0.05) is 36.4 Å². The van der Waals surface area contributed by atoms with E-state index in [-0.39, 0.29) is 5.82 Å². The second-order valence-electron chi connectivity index (χ2n) is 4.49. The van der Waals surface area contributed by atoms with Crippen LogP contribution in [0.1, 0.15) is 12.5 Å². The maximum atomic E-state index is 13.2. The highest BCUT2D eigenvalue weighted by atomic mass is 19.1. The van der Waals surface area contributed by atoms with E-state index in [2.05, 4.69) is 5.32 Å². The Morgan fingerprint density at radius 1 is 1.16 bits per heavy atom. The number of carbonyl (C=O) groups excluding carboxylic acids is 1. The number of nitrogens with one attached hydrogen (secondary N) is 1.